The zero-order valence-electron chi connectivity index (χ0n) is 29.0. The van der Waals surface area contributed by atoms with Crippen LogP contribution in [0.25, 0.3) is 0 Å². The molecule has 3 heterocycles. The standard InChI is InChI=1S/C39H47N3O8/c1-38(2,3)50-32(43)20-26-13-8-5-4-6-9-15-28-21-39(28,37(47)48)40-34(44)33-31-24-41(22-27(31)23-42(33)36(26)46)35(45)25-14-12-18-30(19-25)49-29-16-10-7-11-17-29/h7,9-12,14-19,26-28,31,33H,4-6,8,13,20-24H2,1-3H3,(H,40,44)(H,47,48)/b15-9-/t26-,27-,28+,31-,33-,39+/m0/s1. The number of rotatable bonds is 6. The van der Waals surface area contributed by atoms with Gasteiger partial charge in [-0.15, -0.1) is 0 Å². The van der Waals surface area contributed by atoms with Gasteiger partial charge in [0.25, 0.3) is 5.91 Å². The third kappa shape index (κ3) is 7.71. The van der Waals surface area contributed by atoms with E-state index in [0.29, 0.717) is 30.0 Å². The van der Waals surface area contributed by atoms with E-state index in [4.69, 9.17) is 9.47 Å². The Kier molecular flexibility index (Phi) is 10.0. The van der Waals surface area contributed by atoms with Gasteiger partial charge in [-0.05, 0) is 76.8 Å². The lowest BCUT2D eigenvalue weighted by molar-refractivity contribution is -0.159. The predicted octanol–water partition coefficient (Wildman–Crippen LogP) is 5.21. The minimum absolute atomic E-state index is 0.108. The van der Waals surface area contributed by atoms with E-state index < -0.39 is 46.9 Å². The number of carboxylic acids is 1. The van der Waals surface area contributed by atoms with Crippen molar-refractivity contribution in [3.8, 4) is 11.5 Å². The maximum absolute atomic E-state index is 14.4. The third-order valence-electron chi connectivity index (χ3n) is 10.3. The highest BCUT2D eigenvalue weighted by Crippen LogP contribution is 2.46. The average molecular weight is 686 g/mol. The van der Waals surface area contributed by atoms with Crippen molar-refractivity contribution in [2.24, 2.45) is 23.7 Å². The number of likely N-dealkylation sites (tertiary alicyclic amines) is 1. The van der Waals surface area contributed by atoms with Crippen molar-refractivity contribution in [2.75, 3.05) is 19.6 Å². The number of hydrogen-bond acceptors (Lipinski definition) is 7. The predicted molar refractivity (Wildman–Crippen MR) is 184 cm³/mol. The van der Waals surface area contributed by atoms with Gasteiger partial charge < -0.3 is 29.7 Å². The molecule has 2 aromatic carbocycles. The molecule has 50 heavy (non-hydrogen) atoms. The molecule has 3 aliphatic heterocycles. The van der Waals surface area contributed by atoms with E-state index in [-0.39, 0.29) is 49.6 Å². The number of aliphatic carboxylic acids is 1. The quantitative estimate of drug-likeness (QED) is 0.312. The Morgan fingerprint density at radius 3 is 2.46 bits per heavy atom. The van der Waals surface area contributed by atoms with Gasteiger partial charge in [0.1, 0.15) is 28.7 Å². The van der Waals surface area contributed by atoms with E-state index in [1.54, 1.807) is 54.8 Å². The smallest absolute Gasteiger partial charge is 0.330 e. The fraction of sp³-hybridized carbons (Fsp3) is 0.513. The molecule has 3 fully saturated rings. The fourth-order valence-corrected chi connectivity index (χ4v) is 7.75. The summed E-state index contributed by atoms with van der Waals surface area (Å²) in [5, 5.41) is 13.1. The lowest BCUT2D eigenvalue weighted by Gasteiger charge is -2.32. The summed E-state index contributed by atoms with van der Waals surface area (Å²) in [4.78, 5) is 71.2. The Labute approximate surface area is 293 Å². The van der Waals surface area contributed by atoms with Crippen molar-refractivity contribution in [3.05, 3.63) is 72.3 Å². The van der Waals surface area contributed by atoms with Crippen LogP contribution in [0.5, 0.6) is 11.5 Å². The van der Waals surface area contributed by atoms with Crippen molar-refractivity contribution in [3.63, 3.8) is 0 Å². The van der Waals surface area contributed by atoms with Crippen LogP contribution in [0.1, 0.15) is 76.1 Å². The van der Waals surface area contributed by atoms with Crippen LogP contribution in [0.3, 0.4) is 0 Å². The highest BCUT2D eigenvalue weighted by Gasteiger charge is 2.62. The summed E-state index contributed by atoms with van der Waals surface area (Å²) >= 11 is 0. The Bertz CT molecular complexity index is 1650. The minimum Gasteiger partial charge on any atom is -0.479 e. The van der Waals surface area contributed by atoms with E-state index >= 15 is 0 Å². The summed E-state index contributed by atoms with van der Waals surface area (Å²) in [5.41, 5.74) is -1.72. The van der Waals surface area contributed by atoms with Crippen LogP contribution in [0.15, 0.2) is 66.7 Å². The van der Waals surface area contributed by atoms with Crippen LogP contribution in [0.2, 0.25) is 0 Å². The zero-order valence-corrected chi connectivity index (χ0v) is 29.0. The minimum atomic E-state index is -1.44. The maximum atomic E-state index is 14.4. The van der Waals surface area contributed by atoms with E-state index in [9.17, 15) is 29.1 Å². The molecule has 266 valence electrons. The van der Waals surface area contributed by atoms with E-state index in [1.807, 2.05) is 42.5 Å². The molecule has 1 saturated carbocycles. The molecule has 11 nitrogen and oxygen atoms in total. The molecule has 2 aromatic rings. The van der Waals surface area contributed by atoms with Gasteiger partial charge in [0, 0.05) is 48.9 Å². The molecule has 6 rings (SSSR count). The number of allylic oxidation sites excluding steroid dienone is 1. The summed E-state index contributed by atoms with van der Waals surface area (Å²) in [7, 11) is 0. The van der Waals surface area contributed by atoms with E-state index in [2.05, 4.69) is 5.32 Å². The maximum Gasteiger partial charge on any atom is 0.330 e. The van der Waals surface area contributed by atoms with Gasteiger partial charge in [-0.2, -0.15) is 0 Å². The van der Waals surface area contributed by atoms with Crippen LogP contribution in [0.4, 0.5) is 0 Å². The molecule has 2 N–H and O–H groups in total. The van der Waals surface area contributed by atoms with E-state index in [0.717, 1.165) is 25.7 Å². The summed E-state index contributed by atoms with van der Waals surface area (Å²) in [5.74, 6) is -3.14. The molecule has 6 atom stereocenters. The Morgan fingerprint density at radius 1 is 0.960 bits per heavy atom. The molecule has 4 aliphatic rings. The molecule has 1 aliphatic carbocycles. The molecule has 11 heteroatoms. The molecule has 0 aromatic heterocycles. The van der Waals surface area contributed by atoms with Gasteiger partial charge in [0.15, 0.2) is 0 Å². The lowest BCUT2D eigenvalue weighted by Crippen LogP contribution is -2.56. The normalized spacial score (nSPS) is 29.0. The summed E-state index contributed by atoms with van der Waals surface area (Å²) < 4.78 is 11.5. The number of ether oxygens (including phenoxy) is 2. The van der Waals surface area contributed by atoms with Crippen molar-refractivity contribution in [1.29, 1.82) is 0 Å². The van der Waals surface area contributed by atoms with Crippen LogP contribution in [-0.4, -0.2) is 81.4 Å². The number of nitrogens with one attached hydrogen (secondary N) is 1. The summed E-state index contributed by atoms with van der Waals surface area (Å²) in [6.07, 6.45) is 7.68. The first kappa shape index (κ1) is 35.2. The Hall–Kier alpha value is -4.67. The molecular weight excluding hydrogens is 638 g/mol. The summed E-state index contributed by atoms with van der Waals surface area (Å²) in [6.45, 7) is 6.10. The highest BCUT2D eigenvalue weighted by molar-refractivity contribution is 5.97. The summed E-state index contributed by atoms with van der Waals surface area (Å²) in [6, 6.07) is 15.2. The van der Waals surface area contributed by atoms with Crippen molar-refractivity contribution in [1.82, 2.24) is 15.1 Å². The number of benzene rings is 2. The fourth-order valence-electron chi connectivity index (χ4n) is 7.75. The van der Waals surface area contributed by atoms with Gasteiger partial charge in [0.2, 0.25) is 11.8 Å². The van der Waals surface area contributed by atoms with Gasteiger partial charge in [-0.1, -0.05) is 49.3 Å². The number of amides is 3. The number of esters is 1. The van der Waals surface area contributed by atoms with Crippen LogP contribution in [0, 0.1) is 23.7 Å². The van der Waals surface area contributed by atoms with Gasteiger partial charge in [-0.25, -0.2) is 4.79 Å². The number of para-hydroxylation sites is 1. The first-order valence-corrected chi connectivity index (χ1v) is 17.7. The largest absolute Gasteiger partial charge is 0.479 e. The van der Waals surface area contributed by atoms with Gasteiger partial charge in [0.05, 0.1) is 6.42 Å². The monoisotopic (exact) mass is 685 g/mol. The second kappa shape index (κ2) is 14.3. The number of carboxylic acid groups (broad SMARTS) is 1. The molecular formula is C39H47N3O8. The average Bonchev–Trinajstić information content (AvgIpc) is 3.41. The topological polar surface area (TPSA) is 143 Å². The van der Waals surface area contributed by atoms with Crippen LogP contribution in [-0.2, 0) is 23.9 Å². The molecule has 0 spiro atoms. The van der Waals surface area contributed by atoms with Gasteiger partial charge in [-0.3, -0.25) is 19.2 Å². The lowest BCUT2D eigenvalue weighted by atomic mass is 9.92. The number of carbonyl (C=O) groups excluding carboxylic acids is 4. The zero-order chi connectivity index (χ0) is 35.6. The van der Waals surface area contributed by atoms with Crippen molar-refractivity contribution >= 4 is 29.7 Å². The second-order valence-electron chi connectivity index (χ2n) is 15.1. The Balaban J connectivity index is 1.25. The SMILES string of the molecule is CC(C)(C)OC(=O)C[C@@H]1CCCCC/C=C\[C@@H]2C[C@@]2(C(=O)O)NC(=O)[C@@H]2[C@H]3CN(C(=O)c4cccc(Oc5ccccc5)c4)C[C@H]3CN2C1=O. The van der Waals surface area contributed by atoms with Crippen molar-refractivity contribution < 1.29 is 38.6 Å². The number of fused-ring (bicyclic) bond motifs is 4. The van der Waals surface area contributed by atoms with Gasteiger partial charge >= 0.3 is 11.9 Å². The third-order valence-corrected chi connectivity index (χ3v) is 10.3. The number of hydrogen-bond donors (Lipinski definition) is 2. The van der Waals surface area contributed by atoms with E-state index in [1.165, 1.54) is 0 Å². The molecule has 2 saturated heterocycles. The second-order valence-corrected chi connectivity index (χ2v) is 15.1. The van der Waals surface area contributed by atoms with Crippen LogP contribution < -0.4 is 10.1 Å². The number of carbonyl (C=O) groups is 5. The first-order chi connectivity index (χ1) is 23.8. The number of nitrogens with zero attached hydrogens (tertiary/aromatic N) is 2. The molecule has 0 unspecified atom stereocenters. The first-order valence-electron chi connectivity index (χ1n) is 17.7. The van der Waals surface area contributed by atoms with Crippen LogP contribution >= 0.6 is 0 Å². The molecule has 0 bridgehead atoms. The molecule has 3 amide bonds. The molecule has 0 radical (unpaired) electrons. The van der Waals surface area contributed by atoms with Crippen molar-refractivity contribution in [2.45, 2.75) is 82.9 Å². The highest BCUT2D eigenvalue weighted by atomic mass is 16.6. The Morgan fingerprint density at radius 2 is 1.72 bits per heavy atom.